The zero-order valence-corrected chi connectivity index (χ0v) is 26.6. The lowest BCUT2D eigenvalue weighted by molar-refractivity contribution is 0.122. The van der Waals surface area contributed by atoms with E-state index in [1.807, 2.05) is 12.1 Å². The van der Waals surface area contributed by atoms with E-state index in [-0.39, 0.29) is 5.69 Å². The minimum absolute atomic E-state index is 0.191. The number of ether oxygens (including phenoxy) is 1. The van der Waals surface area contributed by atoms with Gasteiger partial charge in [-0.3, -0.25) is 0 Å². The number of pyridine rings is 1. The van der Waals surface area contributed by atoms with Gasteiger partial charge in [0.2, 0.25) is 5.95 Å². The zero-order chi connectivity index (χ0) is 32.3. The number of anilines is 5. The summed E-state index contributed by atoms with van der Waals surface area (Å²) < 4.78 is 64.3. The van der Waals surface area contributed by atoms with E-state index in [4.69, 9.17) is 14.7 Å². The summed E-state index contributed by atoms with van der Waals surface area (Å²) in [5.74, 6) is -1.51. The second-order valence-electron chi connectivity index (χ2n) is 10.9. The highest BCUT2D eigenvalue weighted by molar-refractivity contribution is 7.92. The molecule has 2 aromatic carbocycles. The molecule has 47 heavy (non-hydrogen) atoms. The van der Waals surface area contributed by atoms with Crippen molar-refractivity contribution < 1.29 is 22.5 Å². The van der Waals surface area contributed by atoms with Crippen LogP contribution < -0.4 is 19.8 Å². The van der Waals surface area contributed by atoms with E-state index >= 15 is 0 Å². The molecule has 2 N–H and O–H groups in total. The van der Waals surface area contributed by atoms with Gasteiger partial charge in [-0.1, -0.05) is 17.4 Å². The Kier molecular flexibility index (Phi) is 9.11. The summed E-state index contributed by atoms with van der Waals surface area (Å²) in [6, 6.07) is 13.0. The SMILES string of the molecule is [O-][S+](Nc1cc(-c2nc(N3CCCC3)sc2-c2ccnc(Nc3ccc(N4CCOCC4)nc3)n2)ccc1F)c1c(F)cccc1F. The molecule has 0 amide bonds. The lowest BCUT2D eigenvalue weighted by Crippen LogP contribution is -2.36. The van der Waals surface area contributed by atoms with Gasteiger partial charge in [0.05, 0.1) is 41.4 Å². The smallest absolute Gasteiger partial charge is 0.250 e. The molecule has 3 aromatic heterocycles. The Bertz CT molecular complexity index is 1850. The van der Waals surface area contributed by atoms with Crippen molar-refractivity contribution in [3.05, 3.63) is 84.4 Å². The molecular weight excluding hydrogens is 650 g/mol. The average molecular weight is 679 g/mol. The molecule has 2 saturated heterocycles. The number of morpholine rings is 1. The summed E-state index contributed by atoms with van der Waals surface area (Å²) in [6.45, 7) is 4.64. The van der Waals surface area contributed by atoms with E-state index in [9.17, 15) is 17.7 Å². The fraction of sp³-hybridized carbons (Fsp3) is 0.250. The predicted octanol–water partition coefficient (Wildman–Crippen LogP) is 6.39. The fourth-order valence-electron chi connectivity index (χ4n) is 5.40. The number of hydrogen-bond acceptors (Lipinski definition) is 11. The molecule has 7 rings (SSSR count). The summed E-state index contributed by atoms with van der Waals surface area (Å²) in [7, 11) is 0. The van der Waals surface area contributed by atoms with Crippen LogP contribution in [0.1, 0.15) is 12.8 Å². The van der Waals surface area contributed by atoms with Crippen molar-refractivity contribution in [2.45, 2.75) is 17.7 Å². The van der Waals surface area contributed by atoms with Gasteiger partial charge in [0.25, 0.3) is 4.90 Å². The van der Waals surface area contributed by atoms with E-state index in [1.54, 1.807) is 24.5 Å². The van der Waals surface area contributed by atoms with Crippen molar-refractivity contribution in [3.8, 4) is 21.8 Å². The van der Waals surface area contributed by atoms with Crippen LogP contribution in [-0.2, 0) is 16.1 Å². The third-order valence-electron chi connectivity index (χ3n) is 7.77. The Morgan fingerprint density at radius 2 is 1.64 bits per heavy atom. The quantitative estimate of drug-likeness (QED) is 0.170. The molecule has 0 saturated carbocycles. The second-order valence-corrected chi connectivity index (χ2v) is 13.0. The van der Waals surface area contributed by atoms with Gasteiger partial charge >= 0.3 is 0 Å². The molecule has 5 aromatic rings. The van der Waals surface area contributed by atoms with Gasteiger partial charge in [-0.2, -0.15) is 0 Å². The van der Waals surface area contributed by atoms with E-state index < -0.39 is 33.7 Å². The lowest BCUT2D eigenvalue weighted by Gasteiger charge is -2.27. The van der Waals surface area contributed by atoms with Crippen LogP contribution in [0.15, 0.2) is 71.9 Å². The van der Waals surface area contributed by atoms with Crippen molar-refractivity contribution in [2.75, 3.05) is 59.2 Å². The minimum atomic E-state index is -2.40. The van der Waals surface area contributed by atoms with Crippen LogP contribution in [0.5, 0.6) is 0 Å². The van der Waals surface area contributed by atoms with E-state index in [2.05, 4.69) is 29.8 Å². The van der Waals surface area contributed by atoms with Crippen LogP contribution in [0.25, 0.3) is 21.8 Å². The third-order valence-corrected chi connectivity index (χ3v) is 10.1. The van der Waals surface area contributed by atoms with Crippen molar-refractivity contribution in [2.24, 2.45) is 0 Å². The molecule has 2 fully saturated rings. The fourth-order valence-corrected chi connectivity index (χ4v) is 7.46. The standard InChI is InChI=1S/C32H29F3N8O2S2/c33-22-8-6-20(18-26(22)41-47(44)30-23(34)4-3-5-24(30)35)28-29(46-32(40-28)43-12-1-2-13-43)25-10-11-36-31(39-25)38-21-7-9-27(37-19-21)42-14-16-45-17-15-42/h3-11,18-19,41H,1-2,12-17H2,(H,36,38,39). The highest BCUT2D eigenvalue weighted by Gasteiger charge is 2.26. The van der Waals surface area contributed by atoms with Crippen LogP contribution in [0.3, 0.4) is 0 Å². The molecule has 0 aliphatic carbocycles. The second kappa shape index (κ2) is 13.7. The molecule has 1 unspecified atom stereocenters. The predicted molar refractivity (Wildman–Crippen MR) is 177 cm³/mol. The molecular formula is C32H29F3N8O2S2. The van der Waals surface area contributed by atoms with Crippen LogP contribution in [0.4, 0.5) is 41.4 Å². The molecule has 1 atom stereocenters. The maximum atomic E-state index is 15.0. The Morgan fingerprint density at radius 3 is 2.38 bits per heavy atom. The third kappa shape index (κ3) is 6.83. The van der Waals surface area contributed by atoms with Gasteiger partial charge in [-0.25, -0.2) is 37.8 Å². The molecule has 242 valence electrons. The van der Waals surface area contributed by atoms with Crippen molar-refractivity contribution >= 4 is 51.0 Å². The van der Waals surface area contributed by atoms with Gasteiger partial charge in [-0.15, -0.1) is 0 Å². The number of benzene rings is 2. The Labute approximate surface area is 276 Å². The number of nitrogens with one attached hydrogen (secondary N) is 2. The van der Waals surface area contributed by atoms with Crippen LogP contribution in [0, 0.1) is 17.5 Å². The highest BCUT2D eigenvalue weighted by Crippen LogP contribution is 2.42. The molecule has 0 radical (unpaired) electrons. The molecule has 0 bridgehead atoms. The van der Waals surface area contributed by atoms with Gasteiger partial charge in [-0.05, 0) is 61.4 Å². The average Bonchev–Trinajstić information content (AvgIpc) is 3.78. The number of thiazole rings is 1. The number of hydrogen-bond donors (Lipinski definition) is 2. The summed E-state index contributed by atoms with van der Waals surface area (Å²) >= 11 is -0.947. The summed E-state index contributed by atoms with van der Waals surface area (Å²) in [5.41, 5.74) is 2.16. The lowest BCUT2D eigenvalue weighted by atomic mass is 10.1. The van der Waals surface area contributed by atoms with Crippen molar-refractivity contribution in [1.29, 1.82) is 0 Å². The van der Waals surface area contributed by atoms with Crippen LogP contribution in [-0.4, -0.2) is 63.9 Å². The topological polar surface area (TPSA) is 114 Å². The Morgan fingerprint density at radius 1 is 0.851 bits per heavy atom. The van der Waals surface area contributed by atoms with E-state index in [0.717, 1.165) is 72.7 Å². The number of rotatable bonds is 9. The first kappa shape index (κ1) is 31.2. The largest absolute Gasteiger partial charge is 0.588 e. The minimum Gasteiger partial charge on any atom is -0.588 e. The maximum absolute atomic E-state index is 15.0. The molecule has 2 aliphatic heterocycles. The first-order valence-corrected chi connectivity index (χ1v) is 17.0. The first-order chi connectivity index (χ1) is 22.9. The number of aromatic nitrogens is 4. The zero-order valence-electron chi connectivity index (χ0n) is 25.0. The van der Waals surface area contributed by atoms with Gasteiger partial charge in [0.15, 0.2) is 22.6 Å². The van der Waals surface area contributed by atoms with Gasteiger partial charge < -0.3 is 24.4 Å². The summed E-state index contributed by atoms with van der Waals surface area (Å²) in [6.07, 6.45) is 5.47. The molecule has 0 spiro atoms. The summed E-state index contributed by atoms with van der Waals surface area (Å²) in [5, 5.41) is 4.01. The van der Waals surface area contributed by atoms with Crippen molar-refractivity contribution in [3.63, 3.8) is 0 Å². The monoisotopic (exact) mass is 678 g/mol. The number of halogens is 3. The Hall–Kier alpha value is -4.44. The maximum Gasteiger partial charge on any atom is 0.250 e. The van der Waals surface area contributed by atoms with Gasteiger partial charge in [0.1, 0.15) is 22.9 Å². The molecule has 5 heterocycles. The molecule has 2 aliphatic rings. The van der Waals surface area contributed by atoms with Crippen LogP contribution in [0.2, 0.25) is 0 Å². The van der Waals surface area contributed by atoms with Gasteiger partial charge in [0, 0.05) is 37.9 Å². The first-order valence-electron chi connectivity index (χ1n) is 15.0. The Balaban J connectivity index is 1.19. The highest BCUT2D eigenvalue weighted by atomic mass is 32.2. The molecule has 15 heteroatoms. The molecule has 10 nitrogen and oxygen atoms in total. The summed E-state index contributed by atoms with van der Waals surface area (Å²) in [4.78, 5) is 23.1. The normalized spacial score (nSPS) is 15.6. The van der Waals surface area contributed by atoms with Crippen molar-refractivity contribution in [1.82, 2.24) is 19.9 Å². The number of nitrogens with zero attached hydrogens (tertiary/aromatic N) is 6. The van der Waals surface area contributed by atoms with E-state index in [0.29, 0.717) is 36.1 Å². The van der Waals surface area contributed by atoms with E-state index in [1.165, 1.54) is 29.5 Å². The van der Waals surface area contributed by atoms with Crippen LogP contribution >= 0.6 is 11.3 Å².